The topological polar surface area (TPSA) is 72.5 Å². The smallest absolute Gasteiger partial charge is 0.185 e. The molecule has 2 saturated heterocycles. The van der Waals surface area contributed by atoms with Crippen LogP contribution in [0.15, 0.2) is 42.9 Å². The van der Waals surface area contributed by atoms with E-state index in [-0.39, 0.29) is 0 Å². The summed E-state index contributed by atoms with van der Waals surface area (Å²) in [7, 11) is 0. The lowest BCUT2D eigenvalue weighted by molar-refractivity contribution is 0.338. The van der Waals surface area contributed by atoms with Crippen LogP contribution in [0.4, 0.5) is 5.82 Å². The minimum absolute atomic E-state index is 0.598. The Bertz CT molecular complexity index is 1170. The molecular weight excluding hydrogens is 366 g/mol. The molecule has 1 N–H and O–H groups in total. The molecule has 4 aromatic rings. The van der Waals surface area contributed by atoms with Gasteiger partial charge in [0.1, 0.15) is 11.6 Å². The zero-order valence-corrected chi connectivity index (χ0v) is 16.3. The quantitative estimate of drug-likeness (QED) is 0.578. The summed E-state index contributed by atoms with van der Waals surface area (Å²) in [6, 6.07) is 9.35. The Morgan fingerprint density at radius 3 is 2.72 bits per heavy atom. The van der Waals surface area contributed by atoms with Crippen LogP contribution in [0.3, 0.4) is 0 Å². The Kier molecular flexibility index (Phi) is 3.73. The average Bonchev–Trinajstić information content (AvgIpc) is 3.41. The van der Waals surface area contributed by atoms with Crippen molar-refractivity contribution in [1.82, 2.24) is 29.7 Å². The maximum atomic E-state index is 5.59. The standard InChI is InChI=1S/C21H23N7O/c1-2-29-17-6-7-19-18-10-23-28(21(18)25-27(19)13-17)16-5-8-20(22-9-16)26-11-14-3-4-15(12-26)24-14/h5-10,13-15,24H,2-4,11-12H2,1H3/t14-,15+. The molecule has 6 heterocycles. The maximum Gasteiger partial charge on any atom is 0.185 e. The van der Waals surface area contributed by atoms with Gasteiger partial charge >= 0.3 is 0 Å². The van der Waals surface area contributed by atoms with Crippen LogP contribution in [-0.4, -0.2) is 56.2 Å². The molecule has 0 amide bonds. The first-order valence-corrected chi connectivity index (χ1v) is 10.2. The zero-order chi connectivity index (χ0) is 19.4. The predicted octanol–water partition coefficient (Wildman–Crippen LogP) is 2.41. The van der Waals surface area contributed by atoms with E-state index in [1.165, 1.54) is 12.8 Å². The Morgan fingerprint density at radius 2 is 1.97 bits per heavy atom. The first kappa shape index (κ1) is 16.8. The van der Waals surface area contributed by atoms with Crippen LogP contribution in [0.2, 0.25) is 0 Å². The molecule has 6 rings (SSSR count). The van der Waals surface area contributed by atoms with E-state index in [0.717, 1.165) is 46.9 Å². The number of hydrogen-bond donors (Lipinski definition) is 1. The first-order valence-electron chi connectivity index (χ1n) is 10.2. The van der Waals surface area contributed by atoms with Crippen molar-refractivity contribution in [2.75, 3.05) is 24.6 Å². The van der Waals surface area contributed by atoms with Gasteiger partial charge in [0.2, 0.25) is 0 Å². The summed E-state index contributed by atoms with van der Waals surface area (Å²) in [6.45, 7) is 4.67. The highest BCUT2D eigenvalue weighted by atomic mass is 16.5. The number of nitrogens with zero attached hydrogens (tertiary/aromatic N) is 6. The molecule has 0 spiro atoms. The Labute approximate surface area is 168 Å². The normalized spacial score (nSPS) is 21.3. The molecule has 29 heavy (non-hydrogen) atoms. The summed E-state index contributed by atoms with van der Waals surface area (Å²) >= 11 is 0. The van der Waals surface area contributed by atoms with E-state index in [1.54, 1.807) is 0 Å². The average molecular weight is 389 g/mol. The third-order valence-corrected chi connectivity index (χ3v) is 5.95. The monoisotopic (exact) mass is 389 g/mol. The predicted molar refractivity (Wildman–Crippen MR) is 111 cm³/mol. The van der Waals surface area contributed by atoms with Crippen molar-refractivity contribution in [2.24, 2.45) is 0 Å². The van der Waals surface area contributed by atoms with Crippen molar-refractivity contribution in [1.29, 1.82) is 0 Å². The molecule has 0 saturated carbocycles. The molecular formula is C21H23N7O. The number of anilines is 1. The second-order valence-corrected chi connectivity index (χ2v) is 7.84. The number of rotatable bonds is 4. The second-order valence-electron chi connectivity index (χ2n) is 7.84. The molecule has 0 unspecified atom stereocenters. The zero-order valence-electron chi connectivity index (χ0n) is 16.3. The Balaban J connectivity index is 1.33. The molecule has 0 radical (unpaired) electrons. The van der Waals surface area contributed by atoms with E-state index in [4.69, 9.17) is 14.8 Å². The van der Waals surface area contributed by atoms with Crippen LogP contribution < -0.4 is 15.0 Å². The van der Waals surface area contributed by atoms with Crippen molar-refractivity contribution in [2.45, 2.75) is 31.8 Å². The van der Waals surface area contributed by atoms with Gasteiger partial charge in [0, 0.05) is 25.2 Å². The number of aromatic nitrogens is 5. The minimum atomic E-state index is 0.598. The highest BCUT2D eigenvalue weighted by Gasteiger charge is 2.32. The van der Waals surface area contributed by atoms with Crippen molar-refractivity contribution in [3.05, 3.63) is 42.9 Å². The molecule has 2 bridgehead atoms. The molecule has 0 aromatic carbocycles. The summed E-state index contributed by atoms with van der Waals surface area (Å²) < 4.78 is 9.29. The van der Waals surface area contributed by atoms with Crippen LogP contribution in [0.25, 0.3) is 22.2 Å². The first-order chi connectivity index (χ1) is 14.3. The summed E-state index contributed by atoms with van der Waals surface area (Å²) in [5.41, 5.74) is 2.74. The van der Waals surface area contributed by atoms with Crippen LogP contribution in [0, 0.1) is 0 Å². The van der Waals surface area contributed by atoms with E-state index in [1.807, 2.05) is 46.8 Å². The van der Waals surface area contributed by atoms with Crippen LogP contribution in [-0.2, 0) is 0 Å². The van der Waals surface area contributed by atoms with Crippen molar-refractivity contribution < 1.29 is 4.74 Å². The molecule has 8 heteroatoms. The second kappa shape index (κ2) is 6.45. The number of piperazine rings is 1. The van der Waals surface area contributed by atoms with Crippen LogP contribution in [0.1, 0.15) is 19.8 Å². The Hall–Kier alpha value is -3.13. The summed E-state index contributed by atoms with van der Waals surface area (Å²) in [6.07, 6.45) is 8.19. The van der Waals surface area contributed by atoms with E-state index < -0.39 is 0 Å². The van der Waals surface area contributed by atoms with Gasteiger partial charge in [0.25, 0.3) is 0 Å². The van der Waals surface area contributed by atoms with Gasteiger partial charge < -0.3 is 15.0 Å². The lowest BCUT2D eigenvalue weighted by Gasteiger charge is -2.33. The highest BCUT2D eigenvalue weighted by Crippen LogP contribution is 2.26. The Morgan fingerprint density at radius 1 is 1.10 bits per heavy atom. The molecule has 0 aliphatic carbocycles. The molecule has 4 aromatic heterocycles. The maximum absolute atomic E-state index is 5.59. The van der Waals surface area contributed by atoms with Gasteiger partial charge in [-0.15, -0.1) is 5.10 Å². The molecule has 8 nitrogen and oxygen atoms in total. The van der Waals surface area contributed by atoms with E-state index in [9.17, 15) is 0 Å². The molecule has 148 valence electrons. The minimum Gasteiger partial charge on any atom is -0.492 e. The number of fused-ring (bicyclic) bond motifs is 5. The van der Waals surface area contributed by atoms with Gasteiger partial charge in [-0.1, -0.05) is 0 Å². The van der Waals surface area contributed by atoms with Crippen molar-refractivity contribution in [3.8, 4) is 11.4 Å². The summed E-state index contributed by atoms with van der Waals surface area (Å²) in [5, 5.41) is 14.0. The third kappa shape index (κ3) is 2.74. The molecule has 2 aliphatic heterocycles. The molecule has 2 aliphatic rings. The third-order valence-electron chi connectivity index (χ3n) is 5.95. The lowest BCUT2D eigenvalue weighted by Crippen LogP contribution is -2.51. The molecule has 2 fully saturated rings. The van der Waals surface area contributed by atoms with Crippen molar-refractivity contribution in [3.63, 3.8) is 0 Å². The van der Waals surface area contributed by atoms with Gasteiger partial charge in [-0.2, -0.15) is 5.10 Å². The fraction of sp³-hybridized carbons (Fsp3) is 0.381. The van der Waals surface area contributed by atoms with Gasteiger partial charge in [0.15, 0.2) is 5.65 Å². The number of hydrogen-bond acceptors (Lipinski definition) is 6. The molecule has 2 atom stereocenters. The SMILES string of the molecule is CCOc1ccc2c3cnn(-c4ccc(N5C[C@H]6CC[C@@H](C5)N6)nc4)c3nn2c1. The highest BCUT2D eigenvalue weighted by molar-refractivity contribution is 5.92. The number of ether oxygens (including phenoxy) is 1. The number of nitrogens with one attached hydrogen (secondary N) is 1. The lowest BCUT2D eigenvalue weighted by atomic mass is 10.2. The van der Waals surface area contributed by atoms with Gasteiger partial charge in [0.05, 0.1) is 41.8 Å². The van der Waals surface area contributed by atoms with E-state index in [0.29, 0.717) is 18.7 Å². The van der Waals surface area contributed by atoms with Gasteiger partial charge in [-0.3, -0.25) is 0 Å². The van der Waals surface area contributed by atoms with Crippen LogP contribution >= 0.6 is 0 Å². The van der Waals surface area contributed by atoms with Gasteiger partial charge in [-0.25, -0.2) is 14.2 Å². The van der Waals surface area contributed by atoms with E-state index in [2.05, 4.69) is 27.4 Å². The van der Waals surface area contributed by atoms with Crippen LogP contribution in [0.5, 0.6) is 5.75 Å². The fourth-order valence-corrected chi connectivity index (χ4v) is 4.60. The summed E-state index contributed by atoms with van der Waals surface area (Å²) in [5.74, 6) is 1.84. The van der Waals surface area contributed by atoms with Gasteiger partial charge in [-0.05, 0) is 44.0 Å². The summed E-state index contributed by atoms with van der Waals surface area (Å²) in [4.78, 5) is 7.13. The van der Waals surface area contributed by atoms with Crippen molar-refractivity contribution >= 4 is 22.4 Å². The fourth-order valence-electron chi connectivity index (χ4n) is 4.60. The largest absolute Gasteiger partial charge is 0.492 e. The number of pyridine rings is 2. The van der Waals surface area contributed by atoms with E-state index >= 15 is 0 Å².